The average Bonchev–Trinajstić information content (AvgIpc) is 3.76. The fourth-order valence-corrected chi connectivity index (χ4v) is 10.8. The summed E-state index contributed by atoms with van der Waals surface area (Å²) in [6, 6.07) is 58.4. The van der Waals surface area contributed by atoms with Gasteiger partial charge < -0.3 is 9.47 Å². The molecule has 0 radical (unpaired) electrons. The molecule has 0 bridgehead atoms. The van der Waals surface area contributed by atoms with Gasteiger partial charge in [0.05, 0.1) is 11.0 Å². The van der Waals surface area contributed by atoms with Gasteiger partial charge in [-0.25, -0.2) is 0 Å². The number of para-hydroxylation sites is 2. The molecule has 12 rings (SSSR count). The monoisotopic (exact) mass is 756 g/mol. The number of hydrogen-bond donors (Lipinski definition) is 0. The Hall–Kier alpha value is -6.90. The standard InChI is InChI=1S/C57H44N2/c1-57(2)51-22-12-10-19-46(51)47-35-33-43(36-52(47)57)58(40-15-4-3-5-16-40)41-29-24-37(25-30-41)38-26-31-42(32-27-38)59-53-23-13-11-21-50(53)55-54-44-17-7-6-14-39(44)28-34-48(54)45-18-8-9-20-49(45)56(55)59/h3-24,26,28-29,31-36,38H,25,27,30H2,1-2H3. The molecular formula is C57H44N2. The van der Waals surface area contributed by atoms with Crippen LogP contribution in [-0.2, 0) is 5.41 Å². The predicted octanol–water partition coefficient (Wildman–Crippen LogP) is 15.4. The predicted molar refractivity (Wildman–Crippen MR) is 251 cm³/mol. The van der Waals surface area contributed by atoms with Crippen LogP contribution in [-0.4, -0.2) is 4.57 Å². The van der Waals surface area contributed by atoms with Gasteiger partial charge in [-0.3, -0.25) is 0 Å². The van der Waals surface area contributed by atoms with Crippen molar-refractivity contribution in [2.75, 3.05) is 4.90 Å². The first-order chi connectivity index (χ1) is 29.0. The Balaban J connectivity index is 0.923. The lowest BCUT2D eigenvalue weighted by atomic mass is 9.82. The van der Waals surface area contributed by atoms with E-state index in [2.05, 4.69) is 211 Å². The second-order valence-electron chi connectivity index (χ2n) is 17.1. The van der Waals surface area contributed by atoms with Crippen LogP contribution in [0.4, 0.5) is 11.4 Å². The molecule has 3 aliphatic carbocycles. The van der Waals surface area contributed by atoms with Crippen LogP contribution in [0.25, 0.3) is 70.9 Å². The maximum Gasteiger partial charge on any atom is 0.0626 e. The van der Waals surface area contributed by atoms with E-state index in [1.807, 2.05) is 0 Å². The number of allylic oxidation sites excluding steroid dienone is 8. The molecule has 282 valence electrons. The first kappa shape index (κ1) is 34.2. The number of anilines is 2. The number of fused-ring (bicyclic) bond motifs is 13. The van der Waals surface area contributed by atoms with Gasteiger partial charge in [0.25, 0.3) is 0 Å². The van der Waals surface area contributed by atoms with Gasteiger partial charge in [0.2, 0.25) is 0 Å². The quantitative estimate of drug-likeness (QED) is 0.159. The maximum atomic E-state index is 2.54. The van der Waals surface area contributed by atoms with Crippen molar-refractivity contribution in [3.05, 3.63) is 211 Å². The zero-order chi connectivity index (χ0) is 39.2. The molecule has 1 unspecified atom stereocenters. The van der Waals surface area contributed by atoms with E-state index in [1.54, 1.807) is 0 Å². The maximum absolute atomic E-state index is 2.54. The van der Waals surface area contributed by atoms with Gasteiger partial charge in [-0.2, -0.15) is 0 Å². The molecular weight excluding hydrogens is 713 g/mol. The number of rotatable bonds is 5. The minimum absolute atomic E-state index is 0.0491. The number of benzene rings is 8. The van der Waals surface area contributed by atoms with E-state index < -0.39 is 0 Å². The van der Waals surface area contributed by atoms with Crippen LogP contribution < -0.4 is 4.90 Å². The van der Waals surface area contributed by atoms with Crippen LogP contribution in [0.3, 0.4) is 0 Å². The summed E-state index contributed by atoms with van der Waals surface area (Å²) in [5, 5.41) is 10.5. The summed E-state index contributed by atoms with van der Waals surface area (Å²) < 4.78 is 2.54. The molecule has 0 saturated heterocycles. The first-order valence-corrected chi connectivity index (χ1v) is 21.2. The topological polar surface area (TPSA) is 8.17 Å². The molecule has 9 aromatic rings. The number of nitrogens with zero attached hydrogens (tertiary/aromatic N) is 2. The van der Waals surface area contributed by atoms with Crippen molar-refractivity contribution >= 4 is 71.2 Å². The van der Waals surface area contributed by atoms with Gasteiger partial charge in [-0.1, -0.05) is 165 Å². The van der Waals surface area contributed by atoms with Crippen LogP contribution in [0.1, 0.15) is 44.2 Å². The van der Waals surface area contributed by atoms with Crippen LogP contribution in [0.2, 0.25) is 0 Å². The van der Waals surface area contributed by atoms with Crippen LogP contribution in [0, 0.1) is 5.92 Å². The smallest absolute Gasteiger partial charge is 0.0626 e. The fourth-order valence-electron chi connectivity index (χ4n) is 10.8. The Labute approximate surface area is 345 Å². The van der Waals surface area contributed by atoms with E-state index in [1.165, 1.54) is 105 Å². The van der Waals surface area contributed by atoms with Crippen molar-refractivity contribution in [2.24, 2.45) is 5.92 Å². The van der Waals surface area contributed by atoms with Crippen molar-refractivity contribution in [3.63, 3.8) is 0 Å². The Morgan fingerprint density at radius 2 is 1.29 bits per heavy atom. The van der Waals surface area contributed by atoms with E-state index in [9.17, 15) is 0 Å². The van der Waals surface area contributed by atoms with Crippen molar-refractivity contribution in [2.45, 2.75) is 38.5 Å². The van der Waals surface area contributed by atoms with E-state index in [4.69, 9.17) is 0 Å². The molecule has 1 heterocycles. The van der Waals surface area contributed by atoms with Gasteiger partial charge in [-0.15, -0.1) is 0 Å². The summed E-state index contributed by atoms with van der Waals surface area (Å²) in [5.41, 5.74) is 14.6. The fraction of sp³-hybridized carbons (Fsp3) is 0.123. The van der Waals surface area contributed by atoms with E-state index in [-0.39, 0.29) is 5.41 Å². The SMILES string of the molecule is CC1(C)c2ccccc2-c2ccc(N(C3=CC=C(C4C=CC(n5c6ccccc6c6c7c8ccccc8ccc7c7ccccc7c65)=CC4)CC3)c3ccccc3)cc21. The van der Waals surface area contributed by atoms with Gasteiger partial charge in [0.15, 0.2) is 0 Å². The third-order valence-corrected chi connectivity index (χ3v) is 13.6. The largest absolute Gasteiger partial charge is 0.314 e. The highest BCUT2D eigenvalue weighted by Crippen LogP contribution is 2.51. The molecule has 3 aliphatic rings. The number of hydrogen-bond acceptors (Lipinski definition) is 1. The number of aromatic nitrogens is 1. The first-order valence-electron chi connectivity index (χ1n) is 21.2. The van der Waals surface area contributed by atoms with Crippen LogP contribution >= 0.6 is 0 Å². The van der Waals surface area contributed by atoms with Crippen LogP contribution in [0.15, 0.2) is 199 Å². The van der Waals surface area contributed by atoms with Gasteiger partial charge in [-0.05, 0) is 106 Å². The molecule has 0 spiro atoms. The second-order valence-corrected chi connectivity index (χ2v) is 17.1. The molecule has 0 fully saturated rings. The highest BCUT2D eigenvalue weighted by atomic mass is 15.1. The highest BCUT2D eigenvalue weighted by Gasteiger charge is 2.36. The van der Waals surface area contributed by atoms with E-state index in [0.717, 1.165) is 19.3 Å². The molecule has 59 heavy (non-hydrogen) atoms. The molecule has 2 heteroatoms. The lowest BCUT2D eigenvalue weighted by molar-refractivity contribution is 0.660. The zero-order valence-electron chi connectivity index (χ0n) is 33.5. The molecule has 0 N–H and O–H groups in total. The summed E-state index contributed by atoms with van der Waals surface area (Å²) in [6.45, 7) is 4.74. The van der Waals surface area contributed by atoms with Crippen molar-refractivity contribution < 1.29 is 0 Å². The lowest BCUT2D eigenvalue weighted by Gasteiger charge is -2.32. The molecule has 0 aliphatic heterocycles. The van der Waals surface area contributed by atoms with Gasteiger partial charge in [0.1, 0.15) is 0 Å². The Morgan fingerprint density at radius 1 is 0.559 bits per heavy atom. The molecule has 0 saturated carbocycles. The Bertz CT molecular complexity index is 3330. The summed E-state index contributed by atoms with van der Waals surface area (Å²) in [7, 11) is 0. The molecule has 8 aromatic carbocycles. The minimum Gasteiger partial charge on any atom is -0.314 e. The highest BCUT2D eigenvalue weighted by molar-refractivity contribution is 6.37. The third kappa shape index (κ3) is 5.12. The molecule has 2 nitrogen and oxygen atoms in total. The van der Waals surface area contributed by atoms with Gasteiger partial charge in [0, 0.05) is 55.6 Å². The second kappa shape index (κ2) is 13.1. The molecule has 1 atom stereocenters. The average molecular weight is 757 g/mol. The van der Waals surface area contributed by atoms with E-state index in [0.29, 0.717) is 5.92 Å². The van der Waals surface area contributed by atoms with Gasteiger partial charge >= 0.3 is 0 Å². The summed E-state index contributed by atoms with van der Waals surface area (Å²) >= 11 is 0. The van der Waals surface area contributed by atoms with E-state index >= 15 is 0 Å². The van der Waals surface area contributed by atoms with Crippen molar-refractivity contribution in [1.29, 1.82) is 0 Å². The summed E-state index contributed by atoms with van der Waals surface area (Å²) in [6.07, 6.45) is 15.2. The third-order valence-electron chi connectivity index (χ3n) is 13.6. The Morgan fingerprint density at radius 3 is 2.10 bits per heavy atom. The Kier molecular flexibility index (Phi) is 7.56. The van der Waals surface area contributed by atoms with Crippen molar-refractivity contribution in [1.82, 2.24) is 4.57 Å². The lowest BCUT2D eigenvalue weighted by Crippen LogP contribution is -2.20. The zero-order valence-corrected chi connectivity index (χ0v) is 33.5. The summed E-state index contributed by atoms with van der Waals surface area (Å²) in [5.74, 6) is 0.371. The molecule has 0 amide bonds. The van der Waals surface area contributed by atoms with Crippen LogP contribution in [0.5, 0.6) is 0 Å². The normalized spacial score (nSPS) is 17.0. The molecule has 1 aromatic heterocycles. The van der Waals surface area contributed by atoms with Crippen molar-refractivity contribution in [3.8, 4) is 11.1 Å². The minimum atomic E-state index is -0.0491. The summed E-state index contributed by atoms with van der Waals surface area (Å²) in [4.78, 5) is 2.49.